The highest BCUT2D eigenvalue weighted by atomic mass is 16.6. The quantitative estimate of drug-likeness (QED) is 0.525. The lowest BCUT2D eigenvalue weighted by atomic mass is 10.0. The van der Waals surface area contributed by atoms with Crippen LogP contribution in [0.3, 0.4) is 0 Å². The van der Waals surface area contributed by atoms with E-state index in [0.717, 1.165) is 0 Å². The van der Waals surface area contributed by atoms with E-state index in [0.29, 0.717) is 6.42 Å². The summed E-state index contributed by atoms with van der Waals surface area (Å²) in [4.78, 5) is 50.5. The third-order valence-corrected chi connectivity index (χ3v) is 3.65. The van der Waals surface area contributed by atoms with Gasteiger partial charge in [-0.25, -0.2) is 9.59 Å². The molecule has 0 fully saturated rings. The number of H-pyrrole nitrogens is 1. The number of nitrogens with one attached hydrogen (secondary N) is 3. The number of rotatable bonds is 8. The molecule has 1 aromatic rings. The minimum absolute atomic E-state index is 0.0610. The van der Waals surface area contributed by atoms with Gasteiger partial charge >= 0.3 is 12.1 Å². The van der Waals surface area contributed by atoms with Crippen molar-refractivity contribution < 1.29 is 24.2 Å². The average Bonchev–Trinajstić information content (AvgIpc) is 2.53. The second-order valence-electron chi connectivity index (χ2n) is 7.96. The number of aromatic nitrogens is 1. The van der Waals surface area contributed by atoms with Gasteiger partial charge in [-0.1, -0.05) is 19.9 Å². The number of aromatic amines is 1. The number of alkyl carbamates (subject to hydrolysis) is 1. The van der Waals surface area contributed by atoms with Crippen LogP contribution in [0.5, 0.6) is 0 Å². The Kier molecular flexibility index (Phi) is 8.21. The van der Waals surface area contributed by atoms with Crippen molar-refractivity contribution in [2.45, 2.75) is 65.1 Å². The molecule has 9 heteroatoms. The van der Waals surface area contributed by atoms with Gasteiger partial charge in [0, 0.05) is 18.2 Å². The molecule has 0 spiro atoms. The van der Waals surface area contributed by atoms with Crippen molar-refractivity contribution in [3.63, 3.8) is 0 Å². The number of carboxylic acid groups (broad SMARTS) is 1. The third-order valence-electron chi connectivity index (χ3n) is 3.65. The van der Waals surface area contributed by atoms with Crippen molar-refractivity contribution in [3.05, 3.63) is 34.2 Å². The zero-order chi connectivity index (χ0) is 21.5. The molecule has 1 rings (SSSR count). The highest BCUT2D eigenvalue weighted by Gasteiger charge is 2.29. The summed E-state index contributed by atoms with van der Waals surface area (Å²) in [5.41, 5.74) is -0.926. The van der Waals surface area contributed by atoms with Crippen LogP contribution < -0.4 is 16.2 Å². The summed E-state index contributed by atoms with van der Waals surface area (Å²) >= 11 is 0. The number of amides is 2. The van der Waals surface area contributed by atoms with Crippen LogP contribution in [0.25, 0.3) is 0 Å². The first-order chi connectivity index (χ1) is 12.9. The molecule has 0 aliphatic carbocycles. The summed E-state index contributed by atoms with van der Waals surface area (Å²) in [5.74, 6) is -1.87. The van der Waals surface area contributed by atoms with Crippen LogP contribution in [-0.4, -0.2) is 45.7 Å². The topological polar surface area (TPSA) is 138 Å². The van der Waals surface area contributed by atoms with Gasteiger partial charge in [0.2, 0.25) is 5.91 Å². The van der Waals surface area contributed by atoms with Crippen LogP contribution in [0.15, 0.2) is 23.1 Å². The van der Waals surface area contributed by atoms with Crippen molar-refractivity contribution in [3.8, 4) is 0 Å². The number of hydrogen-bond donors (Lipinski definition) is 4. The van der Waals surface area contributed by atoms with E-state index in [4.69, 9.17) is 4.74 Å². The van der Waals surface area contributed by atoms with Crippen LogP contribution in [0.4, 0.5) is 4.79 Å². The molecule has 2 amide bonds. The fourth-order valence-corrected chi connectivity index (χ4v) is 2.46. The van der Waals surface area contributed by atoms with E-state index in [1.165, 1.54) is 12.3 Å². The summed E-state index contributed by atoms with van der Waals surface area (Å²) in [6, 6.07) is 0.783. The Morgan fingerprint density at radius 3 is 2.32 bits per heavy atom. The summed E-state index contributed by atoms with van der Waals surface area (Å²) in [5, 5.41) is 14.3. The Hall–Kier alpha value is -2.84. The predicted molar refractivity (Wildman–Crippen MR) is 103 cm³/mol. The van der Waals surface area contributed by atoms with Crippen molar-refractivity contribution in [2.24, 2.45) is 5.92 Å². The van der Waals surface area contributed by atoms with Gasteiger partial charge < -0.3 is 25.5 Å². The predicted octanol–water partition coefficient (Wildman–Crippen LogP) is 1.43. The Morgan fingerprint density at radius 1 is 1.18 bits per heavy atom. The Labute approximate surface area is 163 Å². The van der Waals surface area contributed by atoms with Gasteiger partial charge in [0.15, 0.2) is 0 Å². The maximum Gasteiger partial charge on any atom is 0.408 e. The maximum absolute atomic E-state index is 12.6. The molecule has 4 N–H and O–H groups in total. The van der Waals surface area contributed by atoms with E-state index >= 15 is 0 Å². The molecular weight excluding hydrogens is 366 g/mol. The van der Waals surface area contributed by atoms with E-state index in [1.54, 1.807) is 26.8 Å². The summed E-state index contributed by atoms with van der Waals surface area (Å²) < 4.78 is 5.17. The number of aliphatic carboxylic acids is 1. The molecule has 9 nitrogen and oxygen atoms in total. The molecule has 0 saturated heterocycles. The van der Waals surface area contributed by atoms with Crippen molar-refractivity contribution in [1.29, 1.82) is 0 Å². The maximum atomic E-state index is 12.6. The average molecular weight is 395 g/mol. The van der Waals surface area contributed by atoms with Crippen molar-refractivity contribution in [2.75, 3.05) is 0 Å². The molecule has 2 atom stereocenters. The first-order valence-electron chi connectivity index (χ1n) is 9.08. The van der Waals surface area contributed by atoms with E-state index < -0.39 is 41.2 Å². The zero-order valence-corrected chi connectivity index (χ0v) is 16.9. The summed E-state index contributed by atoms with van der Waals surface area (Å²) in [6.07, 6.45) is 0.782. The lowest BCUT2D eigenvalue weighted by molar-refractivity contribution is -0.142. The number of carbonyl (C=O) groups excluding carboxylic acids is 2. The van der Waals surface area contributed by atoms with Crippen molar-refractivity contribution >= 4 is 18.0 Å². The van der Waals surface area contributed by atoms with Gasteiger partial charge in [-0.3, -0.25) is 9.59 Å². The van der Waals surface area contributed by atoms with Crippen LogP contribution in [0.2, 0.25) is 0 Å². The first kappa shape index (κ1) is 23.2. The molecule has 156 valence electrons. The number of ether oxygens (including phenoxy) is 1. The summed E-state index contributed by atoms with van der Waals surface area (Å²) in [6.45, 7) is 8.83. The monoisotopic (exact) mass is 395 g/mol. The molecule has 0 aromatic carbocycles. The van der Waals surface area contributed by atoms with E-state index in [1.807, 2.05) is 13.8 Å². The molecular formula is C19H29N3O6. The van der Waals surface area contributed by atoms with Gasteiger partial charge in [-0.2, -0.15) is 0 Å². The highest BCUT2D eigenvalue weighted by molar-refractivity contribution is 5.89. The van der Waals surface area contributed by atoms with Crippen LogP contribution >= 0.6 is 0 Å². The molecule has 0 bridgehead atoms. The van der Waals surface area contributed by atoms with Crippen LogP contribution in [-0.2, 0) is 20.7 Å². The molecule has 0 aliphatic heterocycles. The SMILES string of the molecule is CC(C)C[C@H](NC(=O)OC(C)(C)C)C(=O)N[C@@H](Cc1ccc[nH]c1=O)C(=O)O. The summed E-state index contributed by atoms with van der Waals surface area (Å²) in [7, 11) is 0. The molecule has 0 radical (unpaired) electrons. The molecule has 28 heavy (non-hydrogen) atoms. The Balaban J connectivity index is 2.90. The largest absolute Gasteiger partial charge is 0.480 e. The Bertz CT molecular complexity index is 751. The Morgan fingerprint density at radius 2 is 1.82 bits per heavy atom. The fraction of sp³-hybridized carbons (Fsp3) is 0.579. The zero-order valence-electron chi connectivity index (χ0n) is 16.9. The highest BCUT2D eigenvalue weighted by Crippen LogP contribution is 2.10. The third kappa shape index (κ3) is 8.24. The molecule has 0 aliphatic rings. The number of hydrogen-bond acceptors (Lipinski definition) is 5. The normalized spacial score (nSPS) is 13.5. The van der Waals surface area contributed by atoms with Crippen LogP contribution in [0.1, 0.15) is 46.6 Å². The molecule has 1 aromatic heterocycles. The van der Waals surface area contributed by atoms with Gasteiger partial charge in [0.1, 0.15) is 17.7 Å². The van der Waals surface area contributed by atoms with Crippen molar-refractivity contribution in [1.82, 2.24) is 15.6 Å². The van der Waals surface area contributed by atoms with Gasteiger partial charge in [-0.15, -0.1) is 0 Å². The van der Waals surface area contributed by atoms with Gasteiger partial charge in [-0.05, 0) is 39.2 Å². The minimum atomic E-state index is -1.31. The molecule has 1 heterocycles. The smallest absolute Gasteiger partial charge is 0.408 e. The fourth-order valence-electron chi connectivity index (χ4n) is 2.46. The van der Waals surface area contributed by atoms with Gasteiger partial charge in [0.25, 0.3) is 5.56 Å². The standard InChI is InChI=1S/C19H29N3O6/c1-11(2)9-13(22-18(27)28-19(3,4)5)16(24)21-14(17(25)26)10-12-7-6-8-20-15(12)23/h6-8,11,13-14H,9-10H2,1-5H3,(H,20,23)(H,21,24)(H,22,27)(H,25,26)/t13-,14-/m0/s1. The van der Waals surface area contributed by atoms with E-state index in [9.17, 15) is 24.3 Å². The lowest BCUT2D eigenvalue weighted by Gasteiger charge is -2.25. The minimum Gasteiger partial charge on any atom is -0.480 e. The first-order valence-corrected chi connectivity index (χ1v) is 9.08. The second-order valence-corrected chi connectivity index (χ2v) is 7.96. The van der Waals surface area contributed by atoms with E-state index in [2.05, 4.69) is 15.6 Å². The molecule has 0 unspecified atom stereocenters. The number of pyridine rings is 1. The lowest BCUT2D eigenvalue weighted by Crippen LogP contribution is -2.53. The van der Waals surface area contributed by atoms with Gasteiger partial charge in [0.05, 0.1) is 0 Å². The number of carboxylic acids is 1. The second kappa shape index (κ2) is 9.91. The van der Waals surface area contributed by atoms with Crippen LogP contribution in [0, 0.1) is 5.92 Å². The molecule has 0 saturated carbocycles. The van der Waals surface area contributed by atoms with E-state index in [-0.39, 0.29) is 17.9 Å². The number of carbonyl (C=O) groups is 3.